The van der Waals surface area contributed by atoms with Gasteiger partial charge in [-0.25, -0.2) is 9.78 Å². The van der Waals surface area contributed by atoms with Crippen molar-refractivity contribution in [2.75, 3.05) is 6.61 Å². The van der Waals surface area contributed by atoms with Gasteiger partial charge in [0.25, 0.3) is 0 Å². The van der Waals surface area contributed by atoms with Crippen LogP contribution in [0.4, 0.5) is 4.79 Å². The number of pyridine rings is 3. The Morgan fingerprint density at radius 1 is 1.27 bits per heavy atom. The third-order valence-electron chi connectivity index (χ3n) is 4.53. The van der Waals surface area contributed by atoms with Gasteiger partial charge in [-0.15, -0.1) is 0 Å². The zero-order valence-electron chi connectivity index (χ0n) is 17.1. The van der Waals surface area contributed by atoms with Gasteiger partial charge in [-0.1, -0.05) is 13.8 Å². The number of aromatic nitrogens is 3. The van der Waals surface area contributed by atoms with Crippen LogP contribution in [-0.2, 0) is 4.74 Å². The van der Waals surface area contributed by atoms with Gasteiger partial charge >= 0.3 is 6.09 Å². The van der Waals surface area contributed by atoms with Crippen LogP contribution >= 0.6 is 0 Å². The van der Waals surface area contributed by atoms with Gasteiger partial charge in [-0.3, -0.25) is 9.97 Å². The lowest BCUT2D eigenvalue weighted by Gasteiger charge is -2.30. The Hall–Kier alpha value is -3.73. The predicted octanol–water partition coefficient (Wildman–Crippen LogP) is 3.84. The predicted molar refractivity (Wildman–Crippen MR) is 112 cm³/mol. The molecule has 0 radical (unpaired) electrons. The van der Waals surface area contributed by atoms with Gasteiger partial charge in [0.15, 0.2) is 0 Å². The molecular formula is C22H23N5O3. The van der Waals surface area contributed by atoms with E-state index in [2.05, 4.69) is 21.0 Å². The maximum Gasteiger partial charge on any atom is 0.405 e. The summed E-state index contributed by atoms with van der Waals surface area (Å²) >= 11 is 0. The Bertz CT molecular complexity index is 1100. The number of nitrogens with two attached hydrogens (primary N) is 1. The van der Waals surface area contributed by atoms with Crippen molar-refractivity contribution < 1.29 is 14.3 Å². The lowest BCUT2D eigenvalue weighted by Crippen LogP contribution is -2.41. The summed E-state index contributed by atoms with van der Waals surface area (Å²) in [6.07, 6.45) is 6.42. The van der Waals surface area contributed by atoms with Gasteiger partial charge in [0.05, 0.1) is 5.52 Å². The van der Waals surface area contributed by atoms with Gasteiger partial charge in [-0.2, -0.15) is 5.26 Å². The number of primary amides is 1. The second-order valence-electron chi connectivity index (χ2n) is 7.70. The molecule has 1 amide bonds. The Kier molecular flexibility index (Phi) is 6.11. The van der Waals surface area contributed by atoms with E-state index in [0.717, 1.165) is 22.0 Å². The van der Waals surface area contributed by atoms with Crippen LogP contribution in [0.3, 0.4) is 0 Å². The molecular weight excluding hydrogens is 382 g/mol. The summed E-state index contributed by atoms with van der Waals surface area (Å²) in [4.78, 5) is 24.1. The van der Waals surface area contributed by atoms with Crippen molar-refractivity contribution in [2.45, 2.75) is 32.8 Å². The van der Waals surface area contributed by atoms with Crippen LogP contribution in [0.15, 0.2) is 43.0 Å². The highest BCUT2D eigenvalue weighted by atomic mass is 16.6. The summed E-state index contributed by atoms with van der Waals surface area (Å²) < 4.78 is 11.1. The monoisotopic (exact) mass is 405 g/mol. The standard InChI is InChI=1S/C22H23N5O3/c1-14(2)9-22(3,30-21(24)28)13-29-20-15(10-23)8-16(11-27-20)17-4-7-26-19-5-6-25-12-18(17)19/h4-8,11-12,14H,9,13H2,1-3H3,(H2,24,28). The van der Waals surface area contributed by atoms with E-state index in [4.69, 9.17) is 15.2 Å². The fourth-order valence-electron chi connectivity index (χ4n) is 3.49. The summed E-state index contributed by atoms with van der Waals surface area (Å²) in [6.45, 7) is 5.78. The van der Waals surface area contributed by atoms with Crippen molar-refractivity contribution in [3.05, 3.63) is 48.5 Å². The third-order valence-corrected chi connectivity index (χ3v) is 4.53. The maximum atomic E-state index is 11.3. The quantitative estimate of drug-likeness (QED) is 0.633. The minimum absolute atomic E-state index is 0.0251. The smallest absolute Gasteiger partial charge is 0.405 e. The summed E-state index contributed by atoms with van der Waals surface area (Å²) in [5, 5.41) is 10.5. The zero-order chi connectivity index (χ0) is 21.7. The van der Waals surface area contributed by atoms with Crippen molar-refractivity contribution in [3.8, 4) is 23.1 Å². The lowest BCUT2D eigenvalue weighted by atomic mass is 9.95. The van der Waals surface area contributed by atoms with E-state index in [1.807, 2.05) is 26.0 Å². The highest BCUT2D eigenvalue weighted by molar-refractivity contribution is 5.93. The summed E-state index contributed by atoms with van der Waals surface area (Å²) in [5.41, 5.74) is 6.97. The van der Waals surface area contributed by atoms with Crippen LogP contribution in [0.25, 0.3) is 22.0 Å². The summed E-state index contributed by atoms with van der Waals surface area (Å²) in [7, 11) is 0. The minimum Gasteiger partial charge on any atom is -0.472 e. The molecule has 1 atom stereocenters. The van der Waals surface area contributed by atoms with Gasteiger partial charge in [0.1, 0.15) is 23.8 Å². The molecule has 8 heteroatoms. The van der Waals surface area contributed by atoms with Crippen LogP contribution in [0.1, 0.15) is 32.8 Å². The van der Waals surface area contributed by atoms with Crippen LogP contribution in [-0.4, -0.2) is 33.3 Å². The average molecular weight is 405 g/mol. The van der Waals surface area contributed by atoms with Crippen molar-refractivity contribution in [2.24, 2.45) is 11.7 Å². The molecule has 154 valence electrons. The van der Waals surface area contributed by atoms with Crippen molar-refractivity contribution in [3.63, 3.8) is 0 Å². The summed E-state index contributed by atoms with van der Waals surface area (Å²) in [6, 6.07) is 7.50. The van der Waals surface area contributed by atoms with Crippen molar-refractivity contribution >= 4 is 17.0 Å². The van der Waals surface area contributed by atoms with Gasteiger partial charge in [0.2, 0.25) is 5.88 Å². The fraction of sp³-hybridized carbons (Fsp3) is 0.318. The van der Waals surface area contributed by atoms with E-state index in [0.29, 0.717) is 6.42 Å². The van der Waals surface area contributed by atoms with Crippen LogP contribution in [0.2, 0.25) is 0 Å². The number of fused-ring (bicyclic) bond motifs is 1. The van der Waals surface area contributed by atoms with E-state index in [1.165, 1.54) is 0 Å². The molecule has 0 aromatic carbocycles. The number of amides is 1. The van der Waals surface area contributed by atoms with E-state index < -0.39 is 11.7 Å². The largest absolute Gasteiger partial charge is 0.472 e. The highest BCUT2D eigenvalue weighted by Crippen LogP contribution is 2.30. The van der Waals surface area contributed by atoms with Crippen LogP contribution < -0.4 is 10.5 Å². The average Bonchev–Trinajstić information content (AvgIpc) is 2.70. The minimum atomic E-state index is -0.931. The van der Waals surface area contributed by atoms with Crippen LogP contribution in [0.5, 0.6) is 5.88 Å². The second-order valence-corrected chi connectivity index (χ2v) is 7.70. The molecule has 0 bridgehead atoms. The molecule has 0 aliphatic rings. The van der Waals surface area contributed by atoms with E-state index in [1.54, 1.807) is 37.8 Å². The van der Waals surface area contributed by atoms with Gasteiger partial charge in [-0.05, 0) is 43.0 Å². The molecule has 8 nitrogen and oxygen atoms in total. The number of hydrogen-bond donors (Lipinski definition) is 1. The molecule has 2 N–H and O–H groups in total. The number of carbonyl (C=O) groups is 1. The topological polar surface area (TPSA) is 124 Å². The molecule has 0 saturated heterocycles. The maximum absolute atomic E-state index is 11.3. The molecule has 3 aromatic rings. The van der Waals surface area contributed by atoms with E-state index >= 15 is 0 Å². The zero-order valence-corrected chi connectivity index (χ0v) is 17.1. The normalized spacial score (nSPS) is 12.9. The summed E-state index contributed by atoms with van der Waals surface area (Å²) in [5.74, 6) is 0.415. The number of hydrogen-bond acceptors (Lipinski definition) is 7. The molecule has 0 aliphatic heterocycles. The van der Waals surface area contributed by atoms with E-state index in [9.17, 15) is 10.1 Å². The Balaban J connectivity index is 1.89. The number of nitriles is 1. The first-order valence-corrected chi connectivity index (χ1v) is 9.52. The second kappa shape index (κ2) is 8.74. The molecule has 30 heavy (non-hydrogen) atoms. The first-order chi connectivity index (χ1) is 14.3. The Morgan fingerprint density at radius 3 is 2.77 bits per heavy atom. The molecule has 0 aliphatic carbocycles. The lowest BCUT2D eigenvalue weighted by molar-refractivity contribution is -0.0197. The first kappa shape index (κ1) is 21.0. The number of carbonyl (C=O) groups excluding carboxylic acids is 1. The molecule has 3 rings (SSSR count). The van der Waals surface area contributed by atoms with E-state index in [-0.39, 0.29) is 24.0 Å². The Labute approximate surface area is 174 Å². The number of rotatable bonds is 7. The van der Waals surface area contributed by atoms with Crippen molar-refractivity contribution in [1.29, 1.82) is 5.26 Å². The molecule has 0 spiro atoms. The molecule has 3 heterocycles. The third kappa shape index (κ3) is 4.81. The number of nitrogens with zero attached hydrogens (tertiary/aromatic N) is 4. The van der Waals surface area contributed by atoms with Crippen molar-refractivity contribution in [1.82, 2.24) is 15.0 Å². The van der Waals surface area contributed by atoms with Gasteiger partial charge < -0.3 is 15.2 Å². The molecule has 0 fully saturated rings. The SMILES string of the molecule is CC(C)CC(C)(COc1ncc(-c2ccnc3ccncc23)cc1C#N)OC(N)=O. The molecule has 3 aromatic heterocycles. The fourth-order valence-corrected chi connectivity index (χ4v) is 3.49. The Morgan fingerprint density at radius 2 is 2.07 bits per heavy atom. The molecule has 1 unspecified atom stereocenters. The van der Waals surface area contributed by atoms with Crippen LogP contribution in [0, 0.1) is 17.2 Å². The van der Waals surface area contributed by atoms with Gasteiger partial charge in [0, 0.05) is 35.7 Å². The molecule has 0 saturated carbocycles. The number of ether oxygens (including phenoxy) is 2. The highest BCUT2D eigenvalue weighted by Gasteiger charge is 2.31. The first-order valence-electron chi connectivity index (χ1n) is 9.52.